The standard InChI is InChI=1S/C14H30N2/c1-12(2)11-13(3)15-9-10-16(4)14-7-5-6-8-14/h12-15H,5-11H2,1-4H3. The molecule has 1 unspecified atom stereocenters. The Morgan fingerprint density at radius 1 is 1.19 bits per heavy atom. The predicted molar refractivity (Wildman–Crippen MR) is 71.8 cm³/mol. The van der Waals surface area contributed by atoms with E-state index in [0.29, 0.717) is 6.04 Å². The van der Waals surface area contributed by atoms with Gasteiger partial charge in [-0.3, -0.25) is 0 Å². The highest BCUT2D eigenvalue weighted by Gasteiger charge is 2.18. The largest absolute Gasteiger partial charge is 0.313 e. The van der Waals surface area contributed by atoms with Gasteiger partial charge in [0.15, 0.2) is 0 Å². The summed E-state index contributed by atoms with van der Waals surface area (Å²) in [4.78, 5) is 2.54. The Balaban J connectivity index is 2.05. The summed E-state index contributed by atoms with van der Waals surface area (Å²) in [6.45, 7) is 9.23. The molecule has 0 aromatic heterocycles. The van der Waals surface area contributed by atoms with E-state index >= 15 is 0 Å². The fraction of sp³-hybridized carbons (Fsp3) is 1.00. The van der Waals surface area contributed by atoms with Crippen molar-refractivity contribution in [3.63, 3.8) is 0 Å². The SMILES string of the molecule is CC(C)CC(C)NCCN(C)C1CCCC1. The van der Waals surface area contributed by atoms with Gasteiger partial charge in [-0.2, -0.15) is 0 Å². The fourth-order valence-corrected chi connectivity index (χ4v) is 2.81. The van der Waals surface area contributed by atoms with Crippen molar-refractivity contribution in [1.29, 1.82) is 0 Å². The molecule has 96 valence electrons. The van der Waals surface area contributed by atoms with E-state index in [4.69, 9.17) is 0 Å². The van der Waals surface area contributed by atoms with E-state index in [1.54, 1.807) is 0 Å². The molecule has 0 amide bonds. The minimum atomic E-state index is 0.664. The Kier molecular flexibility index (Phi) is 6.37. The summed E-state index contributed by atoms with van der Waals surface area (Å²) in [5.41, 5.74) is 0. The molecule has 0 radical (unpaired) electrons. The van der Waals surface area contributed by atoms with Gasteiger partial charge in [0.1, 0.15) is 0 Å². The van der Waals surface area contributed by atoms with E-state index in [9.17, 15) is 0 Å². The molecule has 1 fully saturated rings. The Bertz CT molecular complexity index is 174. The predicted octanol–water partition coefficient (Wildman–Crippen LogP) is 2.89. The first-order chi connectivity index (χ1) is 7.59. The summed E-state index contributed by atoms with van der Waals surface area (Å²) in [7, 11) is 2.28. The number of likely N-dealkylation sites (N-methyl/N-ethyl adjacent to an activating group) is 1. The van der Waals surface area contributed by atoms with Crippen molar-refractivity contribution in [2.45, 2.75) is 65.0 Å². The van der Waals surface area contributed by atoms with Crippen LogP contribution in [0.2, 0.25) is 0 Å². The molecule has 1 aliphatic rings. The molecule has 0 aromatic carbocycles. The lowest BCUT2D eigenvalue weighted by atomic mass is 10.1. The minimum Gasteiger partial charge on any atom is -0.313 e. The monoisotopic (exact) mass is 226 g/mol. The van der Waals surface area contributed by atoms with Crippen LogP contribution in [0.15, 0.2) is 0 Å². The number of nitrogens with one attached hydrogen (secondary N) is 1. The van der Waals surface area contributed by atoms with E-state index in [2.05, 4.69) is 38.0 Å². The van der Waals surface area contributed by atoms with Crippen LogP contribution in [0.4, 0.5) is 0 Å². The molecule has 0 bridgehead atoms. The van der Waals surface area contributed by atoms with Crippen LogP contribution in [-0.2, 0) is 0 Å². The molecule has 0 aromatic rings. The van der Waals surface area contributed by atoms with E-state index in [0.717, 1.165) is 18.5 Å². The molecule has 1 N–H and O–H groups in total. The van der Waals surface area contributed by atoms with Gasteiger partial charge in [0, 0.05) is 25.2 Å². The van der Waals surface area contributed by atoms with Crippen LogP contribution in [0.3, 0.4) is 0 Å². The van der Waals surface area contributed by atoms with Gasteiger partial charge in [0.05, 0.1) is 0 Å². The van der Waals surface area contributed by atoms with Gasteiger partial charge in [0.2, 0.25) is 0 Å². The summed E-state index contributed by atoms with van der Waals surface area (Å²) in [6, 6.07) is 1.53. The maximum absolute atomic E-state index is 3.63. The quantitative estimate of drug-likeness (QED) is 0.718. The molecule has 1 saturated carbocycles. The first-order valence-corrected chi connectivity index (χ1v) is 7.03. The zero-order valence-corrected chi connectivity index (χ0v) is 11.6. The molecule has 2 nitrogen and oxygen atoms in total. The zero-order chi connectivity index (χ0) is 12.0. The average Bonchev–Trinajstić information content (AvgIpc) is 2.68. The highest BCUT2D eigenvalue weighted by atomic mass is 15.1. The Morgan fingerprint density at radius 3 is 2.38 bits per heavy atom. The van der Waals surface area contributed by atoms with Gasteiger partial charge in [-0.1, -0.05) is 26.7 Å². The smallest absolute Gasteiger partial charge is 0.0107 e. The van der Waals surface area contributed by atoms with Crippen molar-refractivity contribution in [3.05, 3.63) is 0 Å². The number of hydrogen-bond acceptors (Lipinski definition) is 2. The first-order valence-electron chi connectivity index (χ1n) is 7.03. The second-order valence-corrected chi connectivity index (χ2v) is 5.90. The number of hydrogen-bond donors (Lipinski definition) is 1. The van der Waals surface area contributed by atoms with E-state index in [1.807, 2.05) is 0 Å². The van der Waals surface area contributed by atoms with E-state index in [-0.39, 0.29) is 0 Å². The minimum absolute atomic E-state index is 0.664. The van der Waals surface area contributed by atoms with Gasteiger partial charge in [-0.05, 0) is 39.2 Å². The van der Waals surface area contributed by atoms with Gasteiger partial charge >= 0.3 is 0 Å². The third-order valence-corrected chi connectivity index (χ3v) is 3.73. The lowest BCUT2D eigenvalue weighted by Gasteiger charge is -2.25. The summed E-state index contributed by atoms with van der Waals surface area (Å²) in [6.07, 6.45) is 6.99. The van der Waals surface area contributed by atoms with Crippen molar-refractivity contribution >= 4 is 0 Å². The number of rotatable bonds is 7. The summed E-state index contributed by atoms with van der Waals surface area (Å²) in [5.74, 6) is 0.801. The van der Waals surface area contributed by atoms with Crippen LogP contribution in [-0.4, -0.2) is 37.1 Å². The lowest BCUT2D eigenvalue weighted by molar-refractivity contribution is 0.241. The number of nitrogens with zero attached hydrogens (tertiary/aromatic N) is 1. The Morgan fingerprint density at radius 2 is 1.81 bits per heavy atom. The van der Waals surface area contributed by atoms with Crippen molar-refractivity contribution in [2.75, 3.05) is 20.1 Å². The van der Waals surface area contributed by atoms with Gasteiger partial charge in [-0.25, -0.2) is 0 Å². The molecule has 1 aliphatic carbocycles. The van der Waals surface area contributed by atoms with E-state index < -0.39 is 0 Å². The molecule has 1 atom stereocenters. The first kappa shape index (κ1) is 14.0. The van der Waals surface area contributed by atoms with Crippen molar-refractivity contribution in [2.24, 2.45) is 5.92 Å². The second kappa shape index (κ2) is 7.29. The van der Waals surface area contributed by atoms with Gasteiger partial charge in [-0.15, -0.1) is 0 Å². The highest BCUT2D eigenvalue weighted by molar-refractivity contribution is 4.75. The average molecular weight is 226 g/mol. The van der Waals surface area contributed by atoms with Crippen molar-refractivity contribution in [1.82, 2.24) is 10.2 Å². The van der Waals surface area contributed by atoms with Crippen LogP contribution in [0.25, 0.3) is 0 Å². The van der Waals surface area contributed by atoms with Crippen molar-refractivity contribution in [3.8, 4) is 0 Å². The molecule has 2 heteroatoms. The molecular formula is C14H30N2. The molecule has 1 rings (SSSR count). The van der Waals surface area contributed by atoms with Crippen LogP contribution < -0.4 is 5.32 Å². The zero-order valence-electron chi connectivity index (χ0n) is 11.6. The van der Waals surface area contributed by atoms with Crippen LogP contribution in [0, 0.1) is 5.92 Å². The lowest BCUT2D eigenvalue weighted by Crippen LogP contribution is -2.38. The Labute approximate surface area is 102 Å². The summed E-state index contributed by atoms with van der Waals surface area (Å²) in [5, 5.41) is 3.63. The molecule has 16 heavy (non-hydrogen) atoms. The van der Waals surface area contributed by atoms with Gasteiger partial charge in [0.25, 0.3) is 0 Å². The second-order valence-electron chi connectivity index (χ2n) is 5.90. The topological polar surface area (TPSA) is 15.3 Å². The van der Waals surface area contributed by atoms with Crippen LogP contribution in [0.5, 0.6) is 0 Å². The Hall–Kier alpha value is -0.0800. The summed E-state index contributed by atoms with van der Waals surface area (Å²) < 4.78 is 0. The third-order valence-electron chi connectivity index (χ3n) is 3.73. The van der Waals surface area contributed by atoms with Crippen LogP contribution in [0.1, 0.15) is 52.9 Å². The molecule has 0 heterocycles. The van der Waals surface area contributed by atoms with Gasteiger partial charge < -0.3 is 10.2 Å². The van der Waals surface area contributed by atoms with E-state index in [1.165, 1.54) is 38.6 Å². The van der Waals surface area contributed by atoms with Crippen molar-refractivity contribution < 1.29 is 0 Å². The molecule has 0 saturated heterocycles. The maximum Gasteiger partial charge on any atom is 0.0107 e. The molecule has 0 aliphatic heterocycles. The third kappa shape index (κ3) is 5.31. The van der Waals surface area contributed by atoms with Crippen LogP contribution >= 0.6 is 0 Å². The summed E-state index contributed by atoms with van der Waals surface area (Å²) >= 11 is 0. The normalized spacial score (nSPS) is 19.9. The molecule has 0 spiro atoms. The maximum atomic E-state index is 3.63. The highest BCUT2D eigenvalue weighted by Crippen LogP contribution is 2.21. The molecular weight excluding hydrogens is 196 g/mol. The fourth-order valence-electron chi connectivity index (χ4n) is 2.81.